The normalized spacial score (nSPS) is 13.3. The van der Waals surface area contributed by atoms with E-state index in [0.29, 0.717) is 21.6 Å². The molecule has 0 saturated heterocycles. The van der Waals surface area contributed by atoms with Crippen molar-refractivity contribution in [1.82, 2.24) is 30.0 Å². The van der Waals surface area contributed by atoms with Gasteiger partial charge in [-0.2, -0.15) is 30.0 Å². The Hall–Kier alpha value is -5.04. The monoisotopic (exact) mass is 1520 g/mol. The Morgan fingerprint density at radius 1 is 0.353 bits per heavy atom. The van der Waals surface area contributed by atoms with Gasteiger partial charge in [0.2, 0.25) is 0 Å². The molecule has 4 unspecified atom stereocenters. The molecule has 0 N–H and O–H groups in total. The smallest absolute Gasteiger partial charge is 0.168 e. The number of aryl methyl sites for hydroxylation is 2. The van der Waals surface area contributed by atoms with Crippen LogP contribution in [0.25, 0.3) is 115 Å². The van der Waals surface area contributed by atoms with E-state index >= 15 is 8.78 Å². The molecule has 16 heteroatoms. The van der Waals surface area contributed by atoms with Gasteiger partial charge >= 0.3 is 0 Å². The number of thiophene rings is 6. The van der Waals surface area contributed by atoms with Gasteiger partial charge in [-0.05, 0) is 154 Å². The number of hydrogen-bond donors (Lipinski definition) is 0. The minimum atomic E-state index is -0.846. The zero-order valence-corrected chi connectivity index (χ0v) is 68.6. The highest BCUT2D eigenvalue weighted by molar-refractivity contribution is 8.01. The van der Waals surface area contributed by atoms with Gasteiger partial charge in [0.15, 0.2) is 11.6 Å². The molecule has 102 heavy (non-hydrogen) atoms. The summed E-state index contributed by atoms with van der Waals surface area (Å²) < 4.78 is 39.4. The second kappa shape index (κ2) is 37.0. The predicted molar refractivity (Wildman–Crippen MR) is 450 cm³/mol. The van der Waals surface area contributed by atoms with Gasteiger partial charge in [0.1, 0.15) is 22.1 Å². The molecule has 0 aliphatic carbocycles. The van der Waals surface area contributed by atoms with Gasteiger partial charge in [-0.15, -0.1) is 91.5 Å². The predicted octanol–water partition coefficient (Wildman–Crippen LogP) is 30.6. The van der Waals surface area contributed by atoms with Gasteiger partial charge in [0.25, 0.3) is 0 Å². The van der Waals surface area contributed by atoms with Gasteiger partial charge < -0.3 is 0 Å². The summed E-state index contributed by atoms with van der Waals surface area (Å²) in [6.45, 7) is 24.4. The number of hydrogen-bond acceptors (Lipinski definition) is 12. The summed E-state index contributed by atoms with van der Waals surface area (Å²) in [6.07, 6.45) is 29.4. The van der Waals surface area contributed by atoms with Crippen molar-refractivity contribution in [1.29, 1.82) is 0 Å². The van der Waals surface area contributed by atoms with E-state index in [-0.39, 0.29) is 11.1 Å². The summed E-state index contributed by atoms with van der Waals surface area (Å²) in [6, 6.07) is 34.7. The molecule has 0 bridgehead atoms. The van der Waals surface area contributed by atoms with Crippen molar-refractivity contribution in [2.45, 2.75) is 245 Å². The summed E-state index contributed by atoms with van der Waals surface area (Å²) in [5.74, 6) is 3.04. The summed E-state index contributed by atoms with van der Waals surface area (Å²) >= 11 is 14.8. The van der Waals surface area contributed by atoms with E-state index in [9.17, 15) is 0 Å². The fraction of sp³-hybridized carbons (Fsp3) is 0.488. The van der Waals surface area contributed by atoms with Crippen molar-refractivity contribution in [2.75, 3.05) is 11.5 Å². The number of fused-ring (bicyclic) bond motifs is 4. The Bertz CT molecular complexity index is 4570. The molecule has 4 aromatic carbocycles. The largest absolute Gasteiger partial charge is 0.203 e. The SMILES string of the molecule is CCCCCCC(CCCC)Cn1nc2c(C)ccc(-c3ccc(-c4ccc(-c5ccc(-c6ccc(-c7cc8c(-c9ccc(SCC(CC)CCCC)s9)c9sc(C)cc9c(-c9ccc(SCC(CC)CCCC)s9)c8s7)c7nn(CC(CCCC)CCCCCC)nc67)s5)c(F)c4F)s3)c2n1. The van der Waals surface area contributed by atoms with E-state index in [1.165, 1.54) is 217 Å². The minimum Gasteiger partial charge on any atom is -0.203 e. The topological polar surface area (TPSA) is 61.4 Å². The van der Waals surface area contributed by atoms with Crippen LogP contribution in [0.1, 0.15) is 220 Å². The number of thioether (sulfide) groups is 2. The highest BCUT2D eigenvalue weighted by Gasteiger charge is 2.28. The van der Waals surface area contributed by atoms with Crippen LogP contribution in [0.2, 0.25) is 0 Å². The number of nitrogens with zero attached hydrogens (tertiary/aromatic N) is 6. The van der Waals surface area contributed by atoms with Crippen LogP contribution in [-0.4, -0.2) is 41.5 Å². The van der Waals surface area contributed by atoms with Crippen molar-refractivity contribution in [2.24, 2.45) is 23.7 Å². The van der Waals surface area contributed by atoms with Gasteiger partial charge in [0, 0.05) is 110 Å². The van der Waals surface area contributed by atoms with E-state index in [2.05, 4.69) is 136 Å². The Labute approximate surface area is 639 Å². The molecular formula is C86H106F2N6S8. The molecule has 0 radical (unpaired) electrons. The van der Waals surface area contributed by atoms with Gasteiger partial charge in [-0.3, -0.25) is 0 Å². The van der Waals surface area contributed by atoms with E-state index in [1.54, 1.807) is 12.1 Å². The molecule has 0 saturated carbocycles. The first-order valence-corrected chi connectivity index (χ1v) is 45.6. The fourth-order valence-corrected chi connectivity index (χ4v) is 24.3. The van der Waals surface area contributed by atoms with Gasteiger partial charge in [-0.25, -0.2) is 8.78 Å². The maximum Gasteiger partial charge on any atom is 0.168 e. The number of unbranched alkanes of at least 4 members (excludes halogenated alkanes) is 10. The van der Waals surface area contributed by atoms with Crippen LogP contribution in [0.4, 0.5) is 8.78 Å². The first kappa shape index (κ1) is 76.6. The number of rotatable bonds is 41. The van der Waals surface area contributed by atoms with Crippen molar-refractivity contribution in [3.8, 4) is 73.1 Å². The lowest BCUT2D eigenvalue weighted by molar-refractivity contribution is 0.330. The molecule has 0 amide bonds. The van der Waals surface area contributed by atoms with Crippen molar-refractivity contribution in [3.63, 3.8) is 0 Å². The first-order chi connectivity index (χ1) is 49.8. The second-order valence-electron chi connectivity index (χ2n) is 28.7. The molecule has 4 atom stereocenters. The quantitative estimate of drug-likeness (QED) is 0.0281. The molecule has 0 aliphatic rings. The molecule has 0 aliphatic heterocycles. The Kier molecular flexibility index (Phi) is 27.8. The first-order valence-electron chi connectivity index (χ1n) is 38.7. The van der Waals surface area contributed by atoms with E-state index in [0.717, 1.165) is 110 Å². The molecule has 12 rings (SSSR count). The lowest BCUT2D eigenvalue weighted by atomic mass is 9.95. The maximum atomic E-state index is 17.0. The van der Waals surface area contributed by atoms with Crippen molar-refractivity contribution in [3.05, 3.63) is 119 Å². The zero-order valence-electron chi connectivity index (χ0n) is 62.1. The lowest BCUT2D eigenvalue weighted by Crippen LogP contribution is -2.13. The van der Waals surface area contributed by atoms with Crippen LogP contribution in [0, 0.1) is 49.2 Å². The van der Waals surface area contributed by atoms with E-state index in [4.69, 9.17) is 20.4 Å². The Morgan fingerprint density at radius 2 is 0.725 bits per heavy atom. The average Bonchev–Trinajstić information content (AvgIpc) is 1.56. The Morgan fingerprint density at radius 3 is 1.19 bits per heavy atom. The van der Waals surface area contributed by atoms with Crippen LogP contribution >= 0.6 is 91.5 Å². The lowest BCUT2D eigenvalue weighted by Gasteiger charge is -2.15. The molecule has 8 heterocycles. The van der Waals surface area contributed by atoms with Crippen LogP contribution in [0.15, 0.2) is 105 Å². The third kappa shape index (κ3) is 18.0. The third-order valence-corrected chi connectivity index (χ3v) is 30.6. The maximum absolute atomic E-state index is 17.0. The summed E-state index contributed by atoms with van der Waals surface area (Å²) in [7, 11) is 0. The summed E-state index contributed by atoms with van der Waals surface area (Å²) in [4.78, 5) is 12.3. The van der Waals surface area contributed by atoms with Crippen LogP contribution in [-0.2, 0) is 13.1 Å². The molecule has 6 nitrogen and oxygen atoms in total. The summed E-state index contributed by atoms with van der Waals surface area (Å²) in [5, 5.41) is 24.0. The zero-order chi connectivity index (χ0) is 71.2. The van der Waals surface area contributed by atoms with Crippen LogP contribution in [0.3, 0.4) is 0 Å². The second-order valence-corrected chi connectivity index (χ2v) is 38.0. The number of benzene rings is 4. The summed E-state index contributed by atoms with van der Waals surface area (Å²) in [5.41, 5.74) is 10.7. The number of aromatic nitrogens is 6. The third-order valence-electron chi connectivity index (χ3n) is 20.9. The molecule has 0 fully saturated rings. The highest BCUT2D eigenvalue weighted by Crippen LogP contribution is 2.55. The molecule has 542 valence electrons. The number of halogens is 2. The van der Waals surface area contributed by atoms with Crippen molar-refractivity contribution >= 4 is 134 Å². The molecule has 12 aromatic rings. The molecule has 0 spiro atoms. The highest BCUT2D eigenvalue weighted by atomic mass is 32.2. The molecule has 8 aromatic heterocycles. The van der Waals surface area contributed by atoms with E-state index in [1.807, 2.05) is 96.7 Å². The van der Waals surface area contributed by atoms with E-state index < -0.39 is 11.6 Å². The standard InChI is InChI=1S/C86H106F2N6S8/c1-11-19-25-27-33-59(31-23-15-5)51-93-89-81-55(9)35-36-63(82(81)90-93)70-43-41-68(98-70)61-37-38-62(80(88)79(61)87)69-42-44-71(99-69)64-39-40-65(84-83(64)91-94(92-84)52-60(32-24-16-6)34-28-26-20-12-2)74-50-67-78(73-46-48-76(101-73)96-54-58(18-8)30-22-14-4)85-66(49-56(10)97-85)77(86(67)102-74)72-45-47-75(100-72)95-53-57(17-7)29-21-13-3/h35-50,57-60H,11-34,51-54H2,1-10H3. The Balaban J connectivity index is 0.911. The minimum absolute atomic E-state index is 0.247. The van der Waals surface area contributed by atoms with Crippen molar-refractivity contribution < 1.29 is 8.78 Å². The van der Waals surface area contributed by atoms with Gasteiger partial charge in [-0.1, -0.05) is 195 Å². The van der Waals surface area contributed by atoms with Gasteiger partial charge in [0.05, 0.1) is 21.5 Å². The van der Waals surface area contributed by atoms with Crippen LogP contribution in [0.5, 0.6) is 0 Å². The molecular weight excluding hydrogens is 1410 g/mol. The average molecular weight is 1520 g/mol. The van der Waals surface area contributed by atoms with Crippen LogP contribution < -0.4 is 0 Å². The fourth-order valence-electron chi connectivity index (χ4n) is 14.7.